The molecule has 3 rings (SSSR count). The number of nitriles is 1. The fourth-order valence-electron chi connectivity index (χ4n) is 2.42. The second kappa shape index (κ2) is 5.68. The van der Waals surface area contributed by atoms with Crippen LogP contribution in [0.3, 0.4) is 0 Å². The Morgan fingerprint density at radius 3 is 2.95 bits per heavy atom. The molecule has 19 heavy (non-hydrogen) atoms. The molecule has 0 unspecified atom stereocenters. The molecule has 2 heterocycles. The molecular formula is C15H14N2S2. The average Bonchev–Trinajstić information content (AvgIpc) is 2.99. The van der Waals surface area contributed by atoms with Gasteiger partial charge in [0.15, 0.2) is 0 Å². The van der Waals surface area contributed by atoms with Gasteiger partial charge in [0.1, 0.15) is 11.1 Å². The Kier molecular flexibility index (Phi) is 3.77. The molecule has 0 saturated carbocycles. The number of fused-ring (bicyclic) bond motifs is 1. The molecule has 2 aromatic rings. The van der Waals surface area contributed by atoms with Crippen LogP contribution in [0.25, 0.3) is 0 Å². The lowest BCUT2D eigenvalue weighted by Crippen LogP contribution is -1.87. The number of hydrogen-bond acceptors (Lipinski definition) is 4. The Labute approximate surface area is 121 Å². The van der Waals surface area contributed by atoms with Crippen molar-refractivity contribution < 1.29 is 0 Å². The van der Waals surface area contributed by atoms with Crippen molar-refractivity contribution in [2.24, 2.45) is 4.99 Å². The van der Waals surface area contributed by atoms with Gasteiger partial charge < -0.3 is 0 Å². The second-order valence-electron chi connectivity index (χ2n) is 4.63. The lowest BCUT2D eigenvalue weighted by atomic mass is 10.1. The van der Waals surface area contributed by atoms with Gasteiger partial charge >= 0.3 is 0 Å². The average molecular weight is 286 g/mol. The van der Waals surface area contributed by atoms with Crippen LogP contribution in [0.4, 0.5) is 5.00 Å². The van der Waals surface area contributed by atoms with Gasteiger partial charge in [-0.25, -0.2) is 4.99 Å². The normalized spacial score (nSPS) is 15.1. The molecule has 2 aromatic heterocycles. The number of nitrogens with zero attached hydrogens (tertiary/aromatic N) is 2. The van der Waals surface area contributed by atoms with Gasteiger partial charge in [0.2, 0.25) is 0 Å². The van der Waals surface area contributed by atoms with Gasteiger partial charge in [0, 0.05) is 16.0 Å². The molecule has 0 aromatic carbocycles. The Balaban J connectivity index is 1.96. The molecular weight excluding hydrogens is 272 g/mol. The third-order valence-electron chi connectivity index (χ3n) is 3.37. The van der Waals surface area contributed by atoms with Crippen LogP contribution < -0.4 is 0 Å². The number of aryl methyl sites for hydroxylation is 1. The van der Waals surface area contributed by atoms with Crippen molar-refractivity contribution >= 4 is 33.9 Å². The summed E-state index contributed by atoms with van der Waals surface area (Å²) < 4.78 is 0. The highest BCUT2D eigenvalue weighted by Crippen LogP contribution is 2.38. The summed E-state index contributed by atoms with van der Waals surface area (Å²) in [7, 11) is 0. The van der Waals surface area contributed by atoms with E-state index >= 15 is 0 Å². The molecule has 0 N–H and O–H groups in total. The van der Waals surface area contributed by atoms with Crippen LogP contribution in [0.2, 0.25) is 0 Å². The largest absolute Gasteiger partial charge is 0.243 e. The Morgan fingerprint density at radius 2 is 2.16 bits per heavy atom. The highest BCUT2D eigenvalue weighted by molar-refractivity contribution is 7.16. The molecule has 0 bridgehead atoms. The van der Waals surface area contributed by atoms with Crippen LogP contribution in [0.15, 0.2) is 22.5 Å². The van der Waals surface area contributed by atoms with Crippen LogP contribution in [-0.4, -0.2) is 6.21 Å². The van der Waals surface area contributed by atoms with Crippen LogP contribution >= 0.6 is 22.7 Å². The van der Waals surface area contributed by atoms with Crippen LogP contribution in [0.5, 0.6) is 0 Å². The van der Waals surface area contributed by atoms with E-state index in [0.29, 0.717) is 0 Å². The van der Waals surface area contributed by atoms with Gasteiger partial charge in [-0.15, -0.1) is 22.7 Å². The molecule has 0 spiro atoms. The molecule has 1 aliphatic carbocycles. The lowest BCUT2D eigenvalue weighted by molar-refractivity contribution is 0.712. The van der Waals surface area contributed by atoms with Crippen molar-refractivity contribution in [2.75, 3.05) is 0 Å². The topological polar surface area (TPSA) is 36.1 Å². The highest BCUT2D eigenvalue weighted by Gasteiger charge is 2.19. The summed E-state index contributed by atoms with van der Waals surface area (Å²) >= 11 is 3.37. The van der Waals surface area contributed by atoms with E-state index in [1.54, 1.807) is 22.7 Å². The van der Waals surface area contributed by atoms with Crippen molar-refractivity contribution in [1.82, 2.24) is 0 Å². The maximum Gasteiger partial charge on any atom is 0.134 e. The quantitative estimate of drug-likeness (QED) is 0.582. The Bertz CT molecular complexity index is 630. The Hall–Kier alpha value is -1.44. The molecule has 0 aliphatic heterocycles. The summed E-state index contributed by atoms with van der Waals surface area (Å²) in [6.07, 6.45) is 7.75. The van der Waals surface area contributed by atoms with Gasteiger partial charge in [0.05, 0.1) is 5.56 Å². The first-order chi connectivity index (χ1) is 9.38. The van der Waals surface area contributed by atoms with Crippen LogP contribution in [0.1, 0.15) is 40.1 Å². The molecule has 0 fully saturated rings. The summed E-state index contributed by atoms with van der Waals surface area (Å²) in [6.45, 7) is 0. The fourth-order valence-corrected chi connectivity index (χ4v) is 4.19. The third-order valence-corrected chi connectivity index (χ3v) is 5.37. The lowest BCUT2D eigenvalue weighted by Gasteiger charge is -1.96. The van der Waals surface area contributed by atoms with Gasteiger partial charge in [-0.3, -0.25) is 0 Å². The van der Waals surface area contributed by atoms with Crippen LogP contribution in [0, 0.1) is 11.3 Å². The zero-order chi connectivity index (χ0) is 13.1. The zero-order valence-electron chi connectivity index (χ0n) is 10.6. The molecule has 96 valence electrons. The maximum atomic E-state index is 9.40. The number of thiophene rings is 2. The van der Waals surface area contributed by atoms with Gasteiger partial charge in [0.25, 0.3) is 0 Å². The van der Waals surface area contributed by atoms with E-state index in [9.17, 15) is 5.26 Å². The minimum Gasteiger partial charge on any atom is -0.243 e. The molecule has 0 amide bonds. The second-order valence-corrected chi connectivity index (χ2v) is 6.69. The standard InChI is InChI=1S/C15H14N2S2/c16-9-13-12-6-2-1-3-7-14(12)19-15(13)17-10-11-5-4-8-18-11/h4-5,8,10H,1-3,6-7H2/b17-10+. The van der Waals surface area contributed by atoms with E-state index in [1.807, 2.05) is 23.7 Å². The minimum atomic E-state index is 0.815. The van der Waals surface area contributed by atoms with Crippen LogP contribution in [-0.2, 0) is 12.8 Å². The summed E-state index contributed by atoms with van der Waals surface area (Å²) in [5.41, 5.74) is 2.08. The smallest absolute Gasteiger partial charge is 0.134 e. The van der Waals surface area contributed by atoms with Crippen molar-refractivity contribution in [1.29, 1.82) is 5.26 Å². The molecule has 2 nitrogen and oxygen atoms in total. The Morgan fingerprint density at radius 1 is 1.26 bits per heavy atom. The van der Waals surface area contributed by atoms with E-state index in [1.165, 1.54) is 29.7 Å². The predicted octanol–water partition coefficient (Wildman–Crippen LogP) is 4.70. The first kappa shape index (κ1) is 12.6. The summed E-state index contributed by atoms with van der Waals surface area (Å²) in [5.74, 6) is 0. The van der Waals surface area contributed by atoms with E-state index in [-0.39, 0.29) is 0 Å². The monoisotopic (exact) mass is 286 g/mol. The van der Waals surface area contributed by atoms with E-state index in [4.69, 9.17) is 0 Å². The van der Waals surface area contributed by atoms with Gasteiger partial charge in [-0.1, -0.05) is 12.5 Å². The first-order valence-corrected chi connectivity index (χ1v) is 8.20. The zero-order valence-corrected chi connectivity index (χ0v) is 12.2. The van der Waals surface area contributed by atoms with Crippen molar-refractivity contribution in [2.45, 2.75) is 32.1 Å². The minimum absolute atomic E-state index is 0.815. The summed E-state index contributed by atoms with van der Waals surface area (Å²) in [4.78, 5) is 7.05. The molecule has 0 radical (unpaired) electrons. The molecule has 0 atom stereocenters. The number of rotatable bonds is 2. The highest BCUT2D eigenvalue weighted by atomic mass is 32.1. The first-order valence-electron chi connectivity index (χ1n) is 6.50. The fraction of sp³-hybridized carbons (Fsp3) is 0.333. The predicted molar refractivity (Wildman–Crippen MR) is 81.9 cm³/mol. The van der Waals surface area contributed by atoms with E-state index in [0.717, 1.165) is 28.3 Å². The summed E-state index contributed by atoms with van der Waals surface area (Å²) in [5, 5.41) is 12.3. The van der Waals surface area contributed by atoms with Gasteiger partial charge in [-0.05, 0) is 42.7 Å². The maximum absolute atomic E-state index is 9.40. The van der Waals surface area contributed by atoms with Crippen molar-refractivity contribution in [3.8, 4) is 6.07 Å². The SMILES string of the molecule is N#Cc1c(/N=C/c2cccs2)sc2c1CCCCC2. The summed E-state index contributed by atoms with van der Waals surface area (Å²) in [6, 6.07) is 6.42. The third kappa shape index (κ3) is 2.63. The van der Waals surface area contributed by atoms with Crippen molar-refractivity contribution in [3.63, 3.8) is 0 Å². The molecule has 4 heteroatoms. The number of aliphatic imine (C=N–C) groups is 1. The van der Waals surface area contributed by atoms with Crippen molar-refractivity contribution in [3.05, 3.63) is 38.4 Å². The van der Waals surface area contributed by atoms with Gasteiger partial charge in [-0.2, -0.15) is 5.26 Å². The van der Waals surface area contributed by atoms with E-state index < -0.39 is 0 Å². The van der Waals surface area contributed by atoms with E-state index in [2.05, 4.69) is 11.1 Å². The molecule has 1 aliphatic rings. The molecule has 0 saturated heterocycles. The number of hydrogen-bond donors (Lipinski definition) is 0.